The van der Waals surface area contributed by atoms with Crippen LogP contribution in [0.5, 0.6) is 5.75 Å². The number of benzene rings is 1. The minimum absolute atomic E-state index is 0.284. The van der Waals surface area contributed by atoms with Crippen molar-refractivity contribution in [3.8, 4) is 5.75 Å². The highest BCUT2D eigenvalue weighted by molar-refractivity contribution is 5.93. The summed E-state index contributed by atoms with van der Waals surface area (Å²) in [6, 6.07) is 7.08. The van der Waals surface area contributed by atoms with E-state index in [1.807, 2.05) is 12.1 Å². The number of carbonyl (C=O) groups excluding carboxylic acids is 1. The first kappa shape index (κ1) is 23.5. The van der Waals surface area contributed by atoms with Crippen LogP contribution in [0.1, 0.15) is 107 Å². The summed E-state index contributed by atoms with van der Waals surface area (Å²) in [5, 5.41) is 0. The van der Waals surface area contributed by atoms with E-state index >= 15 is 0 Å². The SMILES string of the molecule is CCCCCCCCCCCCCCCCOc1ccc(C(=O)NN)cc1. The zero-order chi connectivity index (χ0) is 19.6. The summed E-state index contributed by atoms with van der Waals surface area (Å²) >= 11 is 0. The minimum Gasteiger partial charge on any atom is -0.494 e. The van der Waals surface area contributed by atoms with Gasteiger partial charge in [-0.2, -0.15) is 0 Å². The third kappa shape index (κ3) is 12.5. The largest absolute Gasteiger partial charge is 0.494 e. The van der Waals surface area contributed by atoms with Gasteiger partial charge in [-0.1, -0.05) is 90.4 Å². The van der Waals surface area contributed by atoms with Gasteiger partial charge >= 0.3 is 0 Å². The molecule has 0 saturated heterocycles. The lowest BCUT2D eigenvalue weighted by Crippen LogP contribution is -2.29. The Morgan fingerprint density at radius 3 is 1.67 bits per heavy atom. The Morgan fingerprint density at radius 1 is 0.778 bits per heavy atom. The molecule has 0 aliphatic carbocycles. The molecule has 0 unspecified atom stereocenters. The second kappa shape index (κ2) is 16.6. The van der Waals surface area contributed by atoms with Crippen molar-refractivity contribution in [3.63, 3.8) is 0 Å². The van der Waals surface area contributed by atoms with Gasteiger partial charge in [0.2, 0.25) is 0 Å². The number of hydrazine groups is 1. The lowest BCUT2D eigenvalue weighted by molar-refractivity contribution is 0.0953. The Hall–Kier alpha value is -1.55. The summed E-state index contributed by atoms with van der Waals surface area (Å²) in [7, 11) is 0. The van der Waals surface area contributed by atoms with E-state index in [1.54, 1.807) is 12.1 Å². The second-order valence-electron chi connectivity index (χ2n) is 7.44. The maximum absolute atomic E-state index is 11.4. The highest BCUT2D eigenvalue weighted by Gasteiger charge is 2.02. The molecule has 1 aromatic rings. The smallest absolute Gasteiger partial charge is 0.265 e. The monoisotopic (exact) mass is 376 g/mol. The molecule has 0 radical (unpaired) electrons. The highest BCUT2D eigenvalue weighted by atomic mass is 16.5. The molecule has 1 aromatic carbocycles. The number of hydrogen-bond donors (Lipinski definition) is 2. The van der Waals surface area contributed by atoms with Gasteiger partial charge in [0, 0.05) is 5.56 Å². The Balaban J connectivity index is 1.86. The Labute approximate surface area is 166 Å². The second-order valence-corrected chi connectivity index (χ2v) is 7.44. The van der Waals surface area contributed by atoms with E-state index in [-0.39, 0.29) is 5.91 Å². The van der Waals surface area contributed by atoms with Gasteiger partial charge in [0.15, 0.2) is 0 Å². The number of rotatable bonds is 17. The summed E-state index contributed by atoms with van der Waals surface area (Å²) in [5.41, 5.74) is 2.66. The number of hydrogen-bond acceptors (Lipinski definition) is 3. The van der Waals surface area contributed by atoms with Crippen molar-refractivity contribution in [1.82, 2.24) is 5.43 Å². The van der Waals surface area contributed by atoms with Crippen LogP contribution in [0.25, 0.3) is 0 Å². The van der Waals surface area contributed by atoms with Crippen molar-refractivity contribution in [3.05, 3.63) is 29.8 Å². The number of amides is 1. The van der Waals surface area contributed by atoms with E-state index in [9.17, 15) is 4.79 Å². The zero-order valence-electron chi connectivity index (χ0n) is 17.3. The van der Waals surface area contributed by atoms with Crippen LogP contribution in [0.3, 0.4) is 0 Å². The Morgan fingerprint density at radius 2 is 1.22 bits per heavy atom. The minimum atomic E-state index is -0.284. The van der Waals surface area contributed by atoms with E-state index in [1.165, 1.54) is 83.5 Å². The van der Waals surface area contributed by atoms with Crippen molar-refractivity contribution in [2.24, 2.45) is 5.84 Å². The number of unbranched alkanes of at least 4 members (excludes halogenated alkanes) is 13. The topological polar surface area (TPSA) is 64.3 Å². The molecular weight excluding hydrogens is 336 g/mol. The maximum Gasteiger partial charge on any atom is 0.265 e. The van der Waals surface area contributed by atoms with Gasteiger partial charge in [0.1, 0.15) is 5.75 Å². The number of nitrogen functional groups attached to an aromatic ring is 1. The van der Waals surface area contributed by atoms with Crippen LogP contribution in [0.4, 0.5) is 0 Å². The molecule has 0 spiro atoms. The van der Waals surface area contributed by atoms with Gasteiger partial charge in [0.05, 0.1) is 6.61 Å². The van der Waals surface area contributed by atoms with Crippen molar-refractivity contribution in [1.29, 1.82) is 0 Å². The molecule has 27 heavy (non-hydrogen) atoms. The van der Waals surface area contributed by atoms with Crippen LogP contribution < -0.4 is 16.0 Å². The van der Waals surface area contributed by atoms with Crippen LogP contribution in [0.2, 0.25) is 0 Å². The molecule has 0 bridgehead atoms. The van der Waals surface area contributed by atoms with Gasteiger partial charge in [0.25, 0.3) is 5.91 Å². The van der Waals surface area contributed by atoms with Crippen LogP contribution in [-0.2, 0) is 0 Å². The van der Waals surface area contributed by atoms with Gasteiger partial charge < -0.3 is 4.74 Å². The average Bonchev–Trinajstić information content (AvgIpc) is 2.70. The van der Waals surface area contributed by atoms with E-state index in [2.05, 4.69) is 12.3 Å². The third-order valence-electron chi connectivity index (χ3n) is 5.01. The Bertz CT molecular complexity index is 474. The molecule has 0 aromatic heterocycles. The van der Waals surface area contributed by atoms with E-state index in [4.69, 9.17) is 10.6 Å². The predicted molar refractivity (Wildman–Crippen MR) is 114 cm³/mol. The molecule has 0 fully saturated rings. The first-order valence-corrected chi connectivity index (χ1v) is 11.0. The lowest BCUT2D eigenvalue weighted by atomic mass is 10.0. The van der Waals surface area contributed by atoms with E-state index < -0.39 is 0 Å². The molecule has 0 atom stereocenters. The normalized spacial score (nSPS) is 10.7. The van der Waals surface area contributed by atoms with Crippen molar-refractivity contribution >= 4 is 5.91 Å². The summed E-state index contributed by atoms with van der Waals surface area (Å²) in [6.45, 7) is 3.01. The molecular formula is C23H40N2O2. The summed E-state index contributed by atoms with van der Waals surface area (Å²) in [4.78, 5) is 11.4. The van der Waals surface area contributed by atoms with Crippen LogP contribution in [0.15, 0.2) is 24.3 Å². The highest BCUT2D eigenvalue weighted by Crippen LogP contribution is 2.15. The van der Waals surface area contributed by atoms with Crippen LogP contribution >= 0.6 is 0 Å². The predicted octanol–water partition coefficient (Wildman–Crippen LogP) is 6.15. The molecule has 4 nitrogen and oxygen atoms in total. The number of ether oxygens (including phenoxy) is 1. The summed E-state index contributed by atoms with van der Waals surface area (Å²) < 4.78 is 5.72. The third-order valence-corrected chi connectivity index (χ3v) is 5.01. The average molecular weight is 377 g/mol. The van der Waals surface area contributed by atoms with Gasteiger partial charge in [-0.15, -0.1) is 0 Å². The zero-order valence-corrected chi connectivity index (χ0v) is 17.3. The number of nitrogens with two attached hydrogens (primary N) is 1. The van der Waals surface area contributed by atoms with Crippen LogP contribution in [-0.4, -0.2) is 12.5 Å². The molecule has 0 saturated carbocycles. The molecule has 1 amide bonds. The van der Waals surface area contributed by atoms with Gasteiger partial charge in [-0.3, -0.25) is 10.2 Å². The molecule has 0 heterocycles. The molecule has 154 valence electrons. The first-order valence-electron chi connectivity index (χ1n) is 11.0. The molecule has 0 aliphatic heterocycles. The number of carbonyl (C=O) groups is 1. The molecule has 0 aliphatic rings. The van der Waals surface area contributed by atoms with Gasteiger partial charge in [-0.05, 0) is 30.7 Å². The molecule has 3 N–H and O–H groups in total. The van der Waals surface area contributed by atoms with Gasteiger partial charge in [-0.25, -0.2) is 5.84 Å². The van der Waals surface area contributed by atoms with Crippen molar-refractivity contribution < 1.29 is 9.53 Å². The summed E-state index contributed by atoms with van der Waals surface area (Å²) in [5.74, 6) is 5.63. The first-order chi connectivity index (χ1) is 13.3. The van der Waals surface area contributed by atoms with E-state index in [0.29, 0.717) is 5.56 Å². The van der Waals surface area contributed by atoms with Crippen molar-refractivity contribution in [2.45, 2.75) is 96.8 Å². The molecule has 1 rings (SSSR count). The Kier molecular flexibility index (Phi) is 14.5. The molecule has 4 heteroatoms. The quantitative estimate of drug-likeness (QED) is 0.148. The fourth-order valence-corrected chi connectivity index (χ4v) is 3.27. The van der Waals surface area contributed by atoms with Crippen LogP contribution in [0, 0.1) is 0 Å². The van der Waals surface area contributed by atoms with E-state index in [0.717, 1.165) is 18.8 Å². The number of nitrogens with one attached hydrogen (secondary N) is 1. The van der Waals surface area contributed by atoms with Crippen molar-refractivity contribution in [2.75, 3.05) is 6.61 Å². The summed E-state index contributed by atoms with van der Waals surface area (Å²) in [6.07, 6.45) is 19.0. The standard InChI is InChI=1S/C23H40N2O2/c1-2-3-4-5-6-7-8-9-10-11-12-13-14-15-20-27-22-18-16-21(17-19-22)23(26)25-24/h16-19H,2-15,20,24H2,1H3,(H,25,26). The lowest BCUT2D eigenvalue weighted by Gasteiger charge is -2.07. The fourth-order valence-electron chi connectivity index (χ4n) is 3.27. The fraction of sp³-hybridized carbons (Fsp3) is 0.696. The maximum atomic E-state index is 11.4.